The van der Waals surface area contributed by atoms with Crippen LogP contribution >= 0.6 is 27.5 Å². The first-order valence-corrected chi connectivity index (χ1v) is 5.43. The van der Waals surface area contributed by atoms with Crippen LogP contribution in [0.5, 0.6) is 0 Å². The molecule has 0 atom stereocenters. The fraction of sp³-hybridized carbons (Fsp3) is 0.333. The standard InChI is InChI=1S/C9H4BrClF6/c10-6-2-1-5(8(12,13)14)4(3-11)7(6)9(15,16)17/h1-2H,3H2. The number of halogens is 8. The van der Waals surface area contributed by atoms with Crippen molar-refractivity contribution in [3.05, 3.63) is 33.3 Å². The molecule has 0 aliphatic rings. The molecule has 0 aliphatic carbocycles. The molecule has 0 fully saturated rings. The van der Waals surface area contributed by atoms with Gasteiger partial charge in [-0.25, -0.2) is 0 Å². The van der Waals surface area contributed by atoms with Gasteiger partial charge in [-0.15, -0.1) is 11.6 Å². The summed E-state index contributed by atoms with van der Waals surface area (Å²) in [7, 11) is 0. The minimum absolute atomic E-state index is 0.464. The molecule has 1 aromatic rings. The van der Waals surface area contributed by atoms with Crippen LogP contribution in [0.15, 0.2) is 16.6 Å². The fourth-order valence-electron chi connectivity index (χ4n) is 1.33. The van der Waals surface area contributed by atoms with Crippen LogP contribution in [-0.2, 0) is 18.2 Å². The molecule has 8 heteroatoms. The van der Waals surface area contributed by atoms with Gasteiger partial charge in [-0.2, -0.15) is 26.3 Å². The molecule has 0 amide bonds. The second kappa shape index (κ2) is 4.68. The molecule has 0 spiro atoms. The van der Waals surface area contributed by atoms with Gasteiger partial charge in [0.25, 0.3) is 0 Å². The van der Waals surface area contributed by atoms with Crippen molar-refractivity contribution in [2.75, 3.05) is 0 Å². The minimum Gasteiger partial charge on any atom is -0.166 e. The van der Waals surface area contributed by atoms with Crippen molar-refractivity contribution in [1.82, 2.24) is 0 Å². The Morgan fingerprint density at radius 3 is 1.88 bits per heavy atom. The first kappa shape index (κ1) is 14.6. The van der Waals surface area contributed by atoms with Crippen LogP contribution in [0.25, 0.3) is 0 Å². The van der Waals surface area contributed by atoms with Crippen LogP contribution in [0.2, 0.25) is 0 Å². The van der Waals surface area contributed by atoms with E-state index in [0.29, 0.717) is 12.1 Å². The van der Waals surface area contributed by atoms with Crippen LogP contribution in [0, 0.1) is 0 Å². The average Bonchev–Trinajstić information content (AvgIpc) is 2.12. The largest absolute Gasteiger partial charge is 0.417 e. The Kier molecular flexibility index (Phi) is 4.03. The fourth-order valence-corrected chi connectivity index (χ4v) is 2.20. The SMILES string of the molecule is FC(F)(F)c1ccc(Br)c(C(F)(F)F)c1CCl. The lowest BCUT2D eigenvalue weighted by atomic mass is 10.0. The van der Waals surface area contributed by atoms with E-state index in [9.17, 15) is 26.3 Å². The lowest BCUT2D eigenvalue weighted by Gasteiger charge is -2.18. The first-order valence-electron chi connectivity index (χ1n) is 4.10. The van der Waals surface area contributed by atoms with Gasteiger partial charge in [-0.05, 0) is 17.7 Å². The van der Waals surface area contributed by atoms with Crippen molar-refractivity contribution < 1.29 is 26.3 Å². The van der Waals surface area contributed by atoms with Crippen molar-refractivity contribution in [2.45, 2.75) is 18.2 Å². The highest BCUT2D eigenvalue weighted by Gasteiger charge is 2.41. The van der Waals surface area contributed by atoms with E-state index in [1.54, 1.807) is 0 Å². The molecule has 0 nitrogen and oxygen atoms in total. The Balaban J connectivity index is 3.60. The van der Waals surface area contributed by atoms with Crippen molar-refractivity contribution in [1.29, 1.82) is 0 Å². The van der Waals surface area contributed by atoms with E-state index in [1.165, 1.54) is 0 Å². The zero-order chi connectivity index (χ0) is 13.4. The maximum absolute atomic E-state index is 12.6. The van der Waals surface area contributed by atoms with E-state index < -0.39 is 39.4 Å². The normalized spacial score (nSPS) is 12.9. The van der Waals surface area contributed by atoms with E-state index >= 15 is 0 Å². The van der Waals surface area contributed by atoms with E-state index in [4.69, 9.17) is 11.6 Å². The Morgan fingerprint density at radius 1 is 1.00 bits per heavy atom. The summed E-state index contributed by atoms with van der Waals surface area (Å²) in [6.07, 6.45) is -9.77. The van der Waals surface area contributed by atoms with Gasteiger partial charge in [0, 0.05) is 10.4 Å². The highest BCUT2D eigenvalue weighted by atomic mass is 79.9. The predicted octanol–water partition coefficient (Wildman–Crippen LogP) is 5.23. The molecule has 0 aromatic heterocycles. The monoisotopic (exact) mass is 340 g/mol. The highest BCUT2D eigenvalue weighted by Crippen LogP contribution is 2.43. The second-order valence-corrected chi connectivity index (χ2v) is 4.20. The van der Waals surface area contributed by atoms with Crippen LogP contribution in [0.4, 0.5) is 26.3 Å². The molecule has 0 unspecified atom stereocenters. The van der Waals surface area contributed by atoms with Gasteiger partial charge in [0.1, 0.15) is 0 Å². The molecular weight excluding hydrogens is 337 g/mol. The molecule has 0 N–H and O–H groups in total. The summed E-state index contributed by atoms with van der Waals surface area (Å²) in [6.45, 7) is 0. The van der Waals surface area contributed by atoms with E-state index in [0.717, 1.165) is 0 Å². The van der Waals surface area contributed by atoms with E-state index in [2.05, 4.69) is 15.9 Å². The molecule has 0 bridgehead atoms. The maximum atomic E-state index is 12.6. The Bertz CT molecular complexity index is 423. The Morgan fingerprint density at radius 2 is 1.53 bits per heavy atom. The lowest BCUT2D eigenvalue weighted by Crippen LogP contribution is -2.16. The zero-order valence-corrected chi connectivity index (χ0v) is 10.2. The quantitative estimate of drug-likeness (QED) is 0.485. The van der Waals surface area contributed by atoms with Crippen molar-refractivity contribution in [3.8, 4) is 0 Å². The van der Waals surface area contributed by atoms with Gasteiger partial charge in [0.15, 0.2) is 0 Å². The Labute approximate surface area is 106 Å². The van der Waals surface area contributed by atoms with Crippen molar-refractivity contribution >= 4 is 27.5 Å². The summed E-state index contributed by atoms with van der Waals surface area (Å²) in [5.74, 6) is -0.872. The van der Waals surface area contributed by atoms with E-state index in [1.807, 2.05) is 0 Å². The van der Waals surface area contributed by atoms with Crippen molar-refractivity contribution in [3.63, 3.8) is 0 Å². The van der Waals surface area contributed by atoms with Gasteiger partial charge < -0.3 is 0 Å². The van der Waals surface area contributed by atoms with Gasteiger partial charge in [0.2, 0.25) is 0 Å². The third-order valence-electron chi connectivity index (χ3n) is 1.98. The summed E-state index contributed by atoms with van der Waals surface area (Å²) in [4.78, 5) is 0. The number of hydrogen-bond donors (Lipinski definition) is 0. The first-order chi connectivity index (χ1) is 7.59. The molecule has 17 heavy (non-hydrogen) atoms. The molecule has 0 heterocycles. The van der Waals surface area contributed by atoms with Crippen LogP contribution in [-0.4, -0.2) is 0 Å². The Hall–Kier alpha value is -0.430. The highest BCUT2D eigenvalue weighted by molar-refractivity contribution is 9.10. The lowest BCUT2D eigenvalue weighted by molar-refractivity contribution is -0.144. The molecule has 0 saturated heterocycles. The molecule has 1 aromatic carbocycles. The minimum atomic E-state index is -4.90. The van der Waals surface area contributed by atoms with Gasteiger partial charge in [0.05, 0.1) is 11.1 Å². The molecule has 0 radical (unpaired) electrons. The molecule has 1 rings (SSSR count). The summed E-state index contributed by atoms with van der Waals surface area (Å²) in [5.41, 5.74) is -3.73. The topological polar surface area (TPSA) is 0 Å². The van der Waals surface area contributed by atoms with Crippen LogP contribution < -0.4 is 0 Å². The summed E-state index contributed by atoms with van der Waals surface area (Å²) in [5, 5.41) is 0. The van der Waals surface area contributed by atoms with Crippen LogP contribution in [0.3, 0.4) is 0 Å². The zero-order valence-electron chi connectivity index (χ0n) is 7.89. The summed E-state index contributed by atoms with van der Waals surface area (Å²) < 4.78 is 74.8. The summed E-state index contributed by atoms with van der Waals surface area (Å²) >= 11 is 7.78. The number of rotatable bonds is 1. The predicted molar refractivity (Wildman–Crippen MR) is 53.7 cm³/mol. The summed E-state index contributed by atoms with van der Waals surface area (Å²) in [6, 6.07) is 1.28. The van der Waals surface area contributed by atoms with Gasteiger partial charge >= 0.3 is 12.4 Å². The smallest absolute Gasteiger partial charge is 0.166 e. The third kappa shape index (κ3) is 3.07. The maximum Gasteiger partial charge on any atom is 0.417 e. The molecule has 0 saturated carbocycles. The van der Waals surface area contributed by atoms with Gasteiger partial charge in [-0.1, -0.05) is 15.9 Å². The van der Waals surface area contributed by atoms with Gasteiger partial charge in [-0.3, -0.25) is 0 Å². The molecule has 0 aliphatic heterocycles. The van der Waals surface area contributed by atoms with Crippen molar-refractivity contribution in [2.24, 2.45) is 0 Å². The van der Waals surface area contributed by atoms with Crippen LogP contribution in [0.1, 0.15) is 16.7 Å². The number of benzene rings is 1. The van der Waals surface area contributed by atoms with E-state index in [-0.39, 0.29) is 0 Å². The average molecular weight is 341 g/mol. The third-order valence-corrected chi connectivity index (χ3v) is 2.91. The number of hydrogen-bond acceptors (Lipinski definition) is 0. The second-order valence-electron chi connectivity index (χ2n) is 3.08. The molecule has 96 valence electrons. The number of alkyl halides is 7. The molecular formula is C9H4BrClF6.